The summed E-state index contributed by atoms with van der Waals surface area (Å²) in [5, 5.41) is 9.38. The highest BCUT2D eigenvalue weighted by atomic mass is 35.5. The van der Waals surface area contributed by atoms with Gasteiger partial charge in [0.05, 0.1) is 11.8 Å². The molecule has 1 aliphatic rings. The first-order chi connectivity index (χ1) is 9.37. The molecule has 0 bridgehead atoms. The Hall–Kier alpha value is -1.15. The van der Waals surface area contributed by atoms with Gasteiger partial charge in [-0.25, -0.2) is 17.9 Å². The highest BCUT2D eigenvalue weighted by Gasteiger charge is 2.36. The summed E-state index contributed by atoms with van der Waals surface area (Å²) >= 11 is 5.80. The van der Waals surface area contributed by atoms with E-state index in [9.17, 15) is 13.2 Å². The van der Waals surface area contributed by atoms with Crippen molar-refractivity contribution >= 4 is 27.6 Å². The zero-order valence-corrected chi connectivity index (χ0v) is 12.0. The Morgan fingerprint density at radius 2 is 2.25 bits per heavy atom. The number of sulfonamides is 1. The molecule has 8 heteroatoms. The van der Waals surface area contributed by atoms with Gasteiger partial charge in [-0.2, -0.15) is 0 Å². The summed E-state index contributed by atoms with van der Waals surface area (Å²) in [4.78, 5) is 10.9. The Morgan fingerprint density at radius 3 is 2.90 bits per heavy atom. The molecule has 1 aromatic carbocycles. The molecule has 0 radical (unpaired) electrons. The summed E-state index contributed by atoms with van der Waals surface area (Å²) in [6.07, 6.45) is -0.796. The first-order valence-electron chi connectivity index (χ1n) is 5.96. The zero-order valence-electron chi connectivity index (χ0n) is 10.5. The van der Waals surface area contributed by atoms with Crippen LogP contribution in [0.5, 0.6) is 0 Å². The molecule has 1 heterocycles. The second-order valence-corrected chi connectivity index (χ2v) is 6.72. The van der Waals surface area contributed by atoms with Gasteiger partial charge in [0.1, 0.15) is 0 Å². The topological polar surface area (TPSA) is 92.7 Å². The van der Waals surface area contributed by atoms with Gasteiger partial charge in [-0.15, -0.1) is 0 Å². The van der Waals surface area contributed by atoms with Crippen molar-refractivity contribution in [1.29, 1.82) is 0 Å². The van der Waals surface area contributed by atoms with Crippen molar-refractivity contribution in [3.8, 4) is 0 Å². The minimum Gasteiger partial charge on any atom is -0.479 e. The van der Waals surface area contributed by atoms with Crippen molar-refractivity contribution in [3.63, 3.8) is 0 Å². The number of nitrogens with one attached hydrogen (secondary N) is 1. The first kappa shape index (κ1) is 15.2. The van der Waals surface area contributed by atoms with E-state index in [-0.39, 0.29) is 12.4 Å². The van der Waals surface area contributed by atoms with Crippen LogP contribution >= 0.6 is 11.6 Å². The molecule has 0 spiro atoms. The van der Waals surface area contributed by atoms with Crippen molar-refractivity contribution in [2.75, 3.05) is 6.61 Å². The van der Waals surface area contributed by atoms with Crippen LogP contribution in [-0.2, 0) is 25.3 Å². The standard InChI is InChI=1S/C12H14ClNO5S/c13-9-3-1-2-8(6-9)7-20(17,18)14-10-4-5-19-11(10)12(15)16/h1-3,6,10-11,14H,4-5,7H2,(H,15,16)/t10-,11+/m0/s1. The average Bonchev–Trinajstić information content (AvgIpc) is 2.75. The molecule has 20 heavy (non-hydrogen) atoms. The highest BCUT2D eigenvalue weighted by molar-refractivity contribution is 7.88. The molecular formula is C12H14ClNO5S. The molecule has 2 N–H and O–H groups in total. The van der Waals surface area contributed by atoms with E-state index in [4.69, 9.17) is 21.4 Å². The van der Waals surface area contributed by atoms with Crippen molar-refractivity contribution in [1.82, 2.24) is 4.72 Å². The van der Waals surface area contributed by atoms with E-state index in [2.05, 4.69) is 4.72 Å². The second-order valence-electron chi connectivity index (χ2n) is 4.53. The molecule has 1 fully saturated rings. The van der Waals surface area contributed by atoms with Gasteiger partial charge >= 0.3 is 5.97 Å². The number of hydrogen-bond acceptors (Lipinski definition) is 4. The molecule has 110 valence electrons. The molecule has 2 atom stereocenters. The van der Waals surface area contributed by atoms with E-state index in [0.29, 0.717) is 17.0 Å². The van der Waals surface area contributed by atoms with Gasteiger partial charge in [-0.3, -0.25) is 0 Å². The Balaban J connectivity index is 2.06. The molecule has 6 nitrogen and oxygen atoms in total. The van der Waals surface area contributed by atoms with Crippen LogP contribution in [0.2, 0.25) is 5.02 Å². The number of benzene rings is 1. The predicted octanol–water partition coefficient (Wildman–Crippen LogP) is 1.00. The Kier molecular flexibility index (Phi) is 4.64. The summed E-state index contributed by atoms with van der Waals surface area (Å²) in [6, 6.07) is 5.77. The third-order valence-corrected chi connectivity index (χ3v) is 4.52. The fraction of sp³-hybridized carbons (Fsp3) is 0.417. The van der Waals surface area contributed by atoms with Crippen molar-refractivity contribution in [2.45, 2.75) is 24.3 Å². The monoisotopic (exact) mass is 319 g/mol. The number of aliphatic carboxylic acids is 1. The predicted molar refractivity (Wildman–Crippen MR) is 73.0 cm³/mol. The van der Waals surface area contributed by atoms with Gasteiger partial charge in [-0.1, -0.05) is 23.7 Å². The lowest BCUT2D eigenvalue weighted by molar-refractivity contribution is -0.147. The smallest absolute Gasteiger partial charge is 0.334 e. The maximum absolute atomic E-state index is 12.0. The Labute approximate surface area is 121 Å². The largest absolute Gasteiger partial charge is 0.479 e. The van der Waals surface area contributed by atoms with Crippen LogP contribution in [0.3, 0.4) is 0 Å². The number of ether oxygens (including phenoxy) is 1. The van der Waals surface area contributed by atoms with Crippen LogP contribution in [0, 0.1) is 0 Å². The number of hydrogen-bond donors (Lipinski definition) is 2. The fourth-order valence-electron chi connectivity index (χ4n) is 2.07. The molecule has 1 aromatic rings. The van der Waals surface area contributed by atoms with E-state index in [1.807, 2.05) is 0 Å². The number of carbonyl (C=O) groups is 1. The lowest BCUT2D eigenvalue weighted by Crippen LogP contribution is -2.44. The SMILES string of the molecule is O=C(O)[C@@H]1OCC[C@@H]1NS(=O)(=O)Cc1cccc(Cl)c1. The van der Waals surface area contributed by atoms with E-state index in [1.165, 1.54) is 0 Å². The quantitative estimate of drug-likeness (QED) is 0.844. The lowest BCUT2D eigenvalue weighted by atomic mass is 10.1. The van der Waals surface area contributed by atoms with E-state index in [0.717, 1.165) is 0 Å². The van der Waals surface area contributed by atoms with Crippen molar-refractivity contribution in [3.05, 3.63) is 34.9 Å². The van der Waals surface area contributed by atoms with Crippen molar-refractivity contribution in [2.24, 2.45) is 0 Å². The molecule has 0 unspecified atom stereocenters. The Morgan fingerprint density at radius 1 is 1.50 bits per heavy atom. The normalized spacial score (nSPS) is 22.9. The van der Waals surface area contributed by atoms with Gasteiger partial charge in [0, 0.05) is 11.6 Å². The van der Waals surface area contributed by atoms with Gasteiger partial charge in [0.25, 0.3) is 0 Å². The van der Waals surface area contributed by atoms with Gasteiger partial charge in [0.15, 0.2) is 6.10 Å². The maximum Gasteiger partial charge on any atom is 0.334 e. The molecular weight excluding hydrogens is 306 g/mol. The maximum atomic E-state index is 12.0. The summed E-state index contributed by atoms with van der Waals surface area (Å²) in [5.41, 5.74) is 0.538. The zero-order chi connectivity index (χ0) is 14.8. The van der Waals surface area contributed by atoms with Crippen LogP contribution in [-0.4, -0.2) is 38.2 Å². The molecule has 1 saturated heterocycles. The molecule has 1 aliphatic heterocycles. The summed E-state index contributed by atoms with van der Waals surface area (Å²) in [7, 11) is -3.65. The van der Waals surface area contributed by atoms with E-state index >= 15 is 0 Å². The number of rotatable bonds is 5. The van der Waals surface area contributed by atoms with Crippen LogP contribution in [0.1, 0.15) is 12.0 Å². The number of carboxylic acids is 1. The third kappa shape index (κ3) is 3.92. The average molecular weight is 320 g/mol. The third-order valence-electron chi connectivity index (χ3n) is 2.91. The van der Waals surface area contributed by atoms with Gasteiger partial charge in [-0.05, 0) is 24.1 Å². The van der Waals surface area contributed by atoms with E-state index in [1.54, 1.807) is 24.3 Å². The minimum atomic E-state index is -3.65. The summed E-state index contributed by atoms with van der Waals surface area (Å²) < 4.78 is 31.4. The highest BCUT2D eigenvalue weighted by Crippen LogP contribution is 2.17. The molecule has 0 aromatic heterocycles. The van der Waals surface area contributed by atoms with Gasteiger partial charge < -0.3 is 9.84 Å². The van der Waals surface area contributed by atoms with Crippen molar-refractivity contribution < 1.29 is 23.1 Å². The second kappa shape index (κ2) is 6.09. The Bertz CT molecular complexity index is 604. The van der Waals surface area contributed by atoms with Crippen LogP contribution in [0.15, 0.2) is 24.3 Å². The molecule has 0 amide bonds. The molecule has 0 saturated carbocycles. The number of carboxylic acid groups (broad SMARTS) is 1. The number of halogens is 1. The molecule has 2 rings (SSSR count). The van der Waals surface area contributed by atoms with Crippen LogP contribution in [0.4, 0.5) is 0 Å². The molecule has 0 aliphatic carbocycles. The first-order valence-corrected chi connectivity index (χ1v) is 7.99. The fourth-order valence-corrected chi connectivity index (χ4v) is 3.69. The lowest BCUT2D eigenvalue weighted by Gasteiger charge is -2.16. The van der Waals surface area contributed by atoms with E-state index < -0.39 is 28.1 Å². The minimum absolute atomic E-state index is 0.224. The van der Waals surface area contributed by atoms with Crippen LogP contribution in [0.25, 0.3) is 0 Å². The van der Waals surface area contributed by atoms with Gasteiger partial charge in [0.2, 0.25) is 10.0 Å². The van der Waals surface area contributed by atoms with Crippen LogP contribution < -0.4 is 4.72 Å². The summed E-state index contributed by atoms with van der Waals surface area (Å²) in [5.74, 6) is -1.42. The summed E-state index contributed by atoms with van der Waals surface area (Å²) in [6.45, 7) is 0.224.